The van der Waals surface area contributed by atoms with E-state index < -0.39 is 11.6 Å². The summed E-state index contributed by atoms with van der Waals surface area (Å²) in [6.07, 6.45) is 4.59. The van der Waals surface area contributed by atoms with E-state index in [4.69, 9.17) is 4.74 Å². The topological polar surface area (TPSA) is 56.2 Å². The monoisotopic (exact) mass is 381 g/mol. The number of aromatic nitrogens is 2. The molecule has 7 heteroatoms. The summed E-state index contributed by atoms with van der Waals surface area (Å²) in [5.74, 6) is -1.50. The van der Waals surface area contributed by atoms with Gasteiger partial charge in [-0.1, -0.05) is 0 Å². The molecule has 0 saturated carbocycles. The van der Waals surface area contributed by atoms with Crippen LogP contribution in [0.15, 0.2) is 42.7 Å². The maximum atomic E-state index is 14.4. The predicted molar refractivity (Wildman–Crippen MR) is 98.7 cm³/mol. The van der Waals surface area contributed by atoms with Gasteiger partial charge in [0.2, 0.25) is 0 Å². The van der Waals surface area contributed by atoms with Crippen LogP contribution in [0.3, 0.4) is 0 Å². The van der Waals surface area contributed by atoms with Crippen molar-refractivity contribution in [3.63, 3.8) is 0 Å². The van der Waals surface area contributed by atoms with Crippen LogP contribution in [0.2, 0.25) is 0 Å². The molecule has 0 aliphatic carbocycles. The Morgan fingerprint density at radius 3 is 2.75 bits per heavy atom. The summed E-state index contributed by atoms with van der Waals surface area (Å²) in [5, 5.41) is 7.28. The van der Waals surface area contributed by atoms with Crippen LogP contribution in [-0.2, 0) is 11.3 Å². The minimum absolute atomic E-state index is 0.194. The Morgan fingerprint density at radius 1 is 1.11 bits per heavy atom. The molecule has 1 N–H and O–H groups in total. The predicted octanol–water partition coefficient (Wildman–Crippen LogP) is 3.70. The van der Waals surface area contributed by atoms with Crippen LogP contribution in [0.5, 0.6) is 0 Å². The van der Waals surface area contributed by atoms with Gasteiger partial charge in [-0.15, -0.1) is 0 Å². The van der Waals surface area contributed by atoms with Crippen molar-refractivity contribution in [3.05, 3.63) is 65.5 Å². The maximum absolute atomic E-state index is 14.4. The molecule has 0 spiro atoms. The van der Waals surface area contributed by atoms with Crippen LogP contribution in [0.25, 0.3) is 22.3 Å². The van der Waals surface area contributed by atoms with Gasteiger partial charge in [0.05, 0.1) is 18.8 Å². The van der Waals surface area contributed by atoms with Gasteiger partial charge in [0.15, 0.2) is 0 Å². The number of ether oxygens (including phenoxy) is 1. The fraction of sp³-hybridized carbons (Fsp3) is 0.238. The van der Waals surface area contributed by atoms with E-state index >= 15 is 0 Å². The van der Waals surface area contributed by atoms with Crippen LogP contribution in [0.1, 0.15) is 28.4 Å². The third kappa shape index (κ3) is 2.79. The minimum Gasteiger partial charge on any atom is -0.379 e. The summed E-state index contributed by atoms with van der Waals surface area (Å²) in [7, 11) is 0. The zero-order chi connectivity index (χ0) is 19.3. The van der Waals surface area contributed by atoms with E-state index in [1.807, 2.05) is 16.9 Å². The molecule has 1 saturated heterocycles. The summed E-state index contributed by atoms with van der Waals surface area (Å²) in [4.78, 5) is 12.3. The molecule has 1 atom stereocenters. The second-order valence-electron chi connectivity index (χ2n) is 7.08. The Kier molecular flexibility index (Phi) is 3.98. The molecule has 0 bridgehead atoms. The van der Waals surface area contributed by atoms with E-state index in [1.54, 1.807) is 12.3 Å². The molecule has 1 fully saturated rings. The Balaban J connectivity index is 1.64. The number of carbonyl (C=O) groups is 1. The van der Waals surface area contributed by atoms with Gasteiger partial charge >= 0.3 is 0 Å². The van der Waals surface area contributed by atoms with E-state index in [9.17, 15) is 13.6 Å². The number of halogens is 2. The summed E-state index contributed by atoms with van der Waals surface area (Å²) in [6.45, 7) is 1.75. The fourth-order valence-corrected chi connectivity index (χ4v) is 3.87. The lowest BCUT2D eigenvalue weighted by Crippen LogP contribution is -2.12. The number of benzene rings is 2. The third-order valence-electron chi connectivity index (χ3n) is 5.35. The van der Waals surface area contributed by atoms with Gasteiger partial charge in [0, 0.05) is 42.1 Å². The molecule has 0 radical (unpaired) electrons. The number of fused-ring (bicyclic) bond motifs is 1. The summed E-state index contributed by atoms with van der Waals surface area (Å²) < 4.78 is 35.0. The lowest BCUT2D eigenvalue weighted by molar-refractivity contribution is 0.0965. The Bertz CT molecular complexity index is 1090. The first-order chi connectivity index (χ1) is 13.6. The third-order valence-corrected chi connectivity index (χ3v) is 5.35. The second kappa shape index (κ2) is 6.53. The van der Waals surface area contributed by atoms with Crippen molar-refractivity contribution >= 4 is 5.91 Å². The van der Waals surface area contributed by atoms with E-state index in [0.717, 1.165) is 29.2 Å². The Morgan fingerprint density at radius 2 is 1.96 bits per heavy atom. The molecule has 2 aliphatic heterocycles. The molecule has 28 heavy (non-hydrogen) atoms. The number of carbonyl (C=O) groups excluding carboxylic acids is 1. The molecule has 3 heterocycles. The second-order valence-corrected chi connectivity index (χ2v) is 7.08. The highest BCUT2D eigenvalue weighted by molar-refractivity contribution is 6.02. The lowest BCUT2D eigenvalue weighted by atomic mass is 9.93. The number of amides is 1. The molecule has 1 unspecified atom stereocenters. The van der Waals surface area contributed by atoms with Crippen molar-refractivity contribution in [3.8, 4) is 22.3 Å². The highest BCUT2D eigenvalue weighted by Gasteiger charge is 2.26. The van der Waals surface area contributed by atoms with Crippen molar-refractivity contribution in [2.24, 2.45) is 0 Å². The van der Waals surface area contributed by atoms with Gasteiger partial charge in [0.25, 0.3) is 5.91 Å². The fourth-order valence-electron chi connectivity index (χ4n) is 3.87. The SMILES string of the molecule is O=C1NCc2c1cc(-c1ccc(F)cc1F)cc2-c1cnn(C2CCOC2)c1. The maximum Gasteiger partial charge on any atom is 0.251 e. The lowest BCUT2D eigenvalue weighted by Gasteiger charge is -2.11. The number of hydrogen-bond acceptors (Lipinski definition) is 3. The normalized spacial score (nSPS) is 18.4. The van der Waals surface area contributed by atoms with E-state index in [-0.39, 0.29) is 17.5 Å². The molecular weight excluding hydrogens is 364 g/mol. The highest BCUT2D eigenvalue weighted by Crippen LogP contribution is 2.36. The van der Waals surface area contributed by atoms with Crippen LogP contribution in [-0.4, -0.2) is 28.9 Å². The molecule has 1 aromatic heterocycles. The number of hydrogen-bond donors (Lipinski definition) is 1. The van der Waals surface area contributed by atoms with Crippen LogP contribution in [0.4, 0.5) is 8.78 Å². The first-order valence-electron chi connectivity index (χ1n) is 9.13. The first kappa shape index (κ1) is 17.1. The van der Waals surface area contributed by atoms with Gasteiger partial charge in [-0.3, -0.25) is 9.48 Å². The van der Waals surface area contributed by atoms with Crippen molar-refractivity contribution in [1.29, 1.82) is 0 Å². The Labute approximate surface area is 159 Å². The summed E-state index contributed by atoms with van der Waals surface area (Å²) in [5.41, 5.74) is 3.82. The highest BCUT2D eigenvalue weighted by atomic mass is 19.1. The minimum atomic E-state index is -0.664. The number of nitrogens with zero attached hydrogens (tertiary/aromatic N) is 2. The van der Waals surface area contributed by atoms with Crippen molar-refractivity contribution in [1.82, 2.24) is 15.1 Å². The van der Waals surface area contributed by atoms with Gasteiger partial charge in [-0.05, 0) is 47.4 Å². The van der Waals surface area contributed by atoms with E-state index in [2.05, 4.69) is 10.4 Å². The first-order valence-corrected chi connectivity index (χ1v) is 9.13. The van der Waals surface area contributed by atoms with Crippen molar-refractivity contribution in [2.75, 3.05) is 13.2 Å². The molecule has 1 amide bonds. The average Bonchev–Trinajstić information content (AvgIpc) is 3.42. The smallest absolute Gasteiger partial charge is 0.251 e. The Hall–Kier alpha value is -3.06. The van der Waals surface area contributed by atoms with Crippen LogP contribution in [0, 0.1) is 11.6 Å². The van der Waals surface area contributed by atoms with Crippen LogP contribution < -0.4 is 5.32 Å². The van der Waals surface area contributed by atoms with Gasteiger partial charge in [0.1, 0.15) is 11.6 Å². The average molecular weight is 381 g/mol. The number of nitrogens with one attached hydrogen (secondary N) is 1. The summed E-state index contributed by atoms with van der Waals surface area (Å²) >= 11 is 0. The van der Waals surface area contributed by atoms with E-state index in [0.29, 0.717) is 30.9 Å². The largest absolute Gasteiger partial charge is 0.379 e. The zero-order valence-electron chi connectivity index (χ0n) is 14.9. The number of rotatable bonds is 3. The van der Waals surface area contributed by atoms with Crippen LogP contribution >= 0.6 is 0 Å². The molecule has 2 aromatic carbocycles. The molecule has 5 rings (SSSR count). The zero-order valence-corrected chi connectivity index (χ0v) is 14.9. The van der Waals surface area contributed by atoms with Gasteiger partial charge in [-0.2, -0.15) is 5.10 Å². The van der Waals surface area contributed by atoms with Crippen molar-refractivity contribution < 1.29 is 18.3 Å². The molecule has 142 valence electrons. The van der Waals surface area contributed by atoms with E-state index in [1.165, 1.54) is 12.1 Å². The van der Waals surface area contributed by atoms with Gasteiger partial charge < -0.3 is 10.1 Å². The molecule has 5 nitrogen and oxygen atoms in total. The molecule has 3 aromatic rings. The summed E-state index contributed by atoms with van der Waals surface area (Å²) in [6, 6.07) is 7.14. The van der Waals surface area contributed by atoms with Crippen molar-refractivity contribution in [2.45, 2.75) is 19.0 Å². The quantitative estimate of drug-likeness (QED) is 0.753. The standard InChI is InChI=1S/C21H17F2N3O2/c22-14-1-2-16(20(23)7-14)12-5-17(19-9-24-21(27)18(19)6-12)13-8-25-26(10-13)15-3-4-28-11-15/h1-2,5-8,10,15H,3-4,9,11H2,(H,24,27). The molecular formula is C21H17F2N3O2. The molecule has 2 aliphatic rings. The van der Waals surface area contributed by atoms with Gasteiger partial charge in [-0.25, -0.2) is 8.78 Å².